The Morgan fingerprint density at radius 1 is 1.50 bits per heavy atom. The zero-order chi connectivity index (χ0) is 11.0. The maximum absolute atomic E-state index is 9.72. The minimum absolute atomic E-state index is 0.310. The molecule has 0 spiro atoms. The number of pyridine rings is 1. The van der Waals surface area contributed by atoms with E-state index in [0.29, 0.717) is 11.7 Å². The number of rotatable bonds is 1. The van der Waals surface area contributed by atoms with Gasteiger partial charge in [0.25, 0.3) is 0 Å². The highest BCUT2D eigenvalue weighted by Crippen LogP contribution is 2.31. The fourth-order valence-corrected chi connectivity index (χ4v) is 3.41. The average molecular weight is 234 g/mol. The van der Waals surface area contributed by atoms with Gasteiger partial charge in [0.15, 0.2) is 0 Å². The predicted octanol–water partition coefficient (Wildman–Crippen LogP) is 2.65. The lowest BCUT2D eigenvalue weighted by Gasteiger charge is -2.20. The second kappa shape index (κ2) is 4.01. The highest BCUT2D eigenvalue weighted by molar-refractivity contribution is 7.99. The number of nitrogens with zero attached hydrogens (tertiary/aromatic N) is 2. The summed E-state index contributed by atoms with van der Waals surface area (Å²) < 4.78 is 2.02. The normalized spacial score (nSPS) is 21.4. The Labute approximate surface area is 98.5 Å². The molecule has 3 heterocycles. The molecule has 0 saturated carbocycles. The van der Waals surface area contributed by atoms with E-state index >= 15 is 0 Å². The number of aromatic nitrogens is 2. The van der Waals surface area contributed by atoms with Crippen LogP contribution in [0.25, 0.3) is 5.52 Å². The van der Waals surface area contributed by atoms with Crippen molar-refractivity contribution in [3.63, 3.8) is 0 Å². The first-order valence-electron chi connectivity index (χ1n) is 5.59. The highest BCUT2D eigenvalue weighted by atomic mass is 32.2. The van der Waals surface area contributed by atoms with Crippen LogP contribution in [0, 0.1) is 0 Å². The number of thioether (sulfide) groups is 1. The van der Waals surface area contributed by atoms with E-state index in [2.05, 4.69) is 4.98 Å². The lowest BCUT2D eigenvalue weighted by atomic mass is 10.1. The van der Waals surface area contributed by atoms with Crippen molar-refractivity contribution >= 4 is 17.3 Å². The Morgan fingerprint density at radius 3 is 3.25 bits per heavy atom. The van der Waals surface area contributed by atoms with Gasteiger partial charge in [-0.3, -0.25) is 0 Å². The number of imidazole rings is 1. The molecule has 1 unspecified atom stereocenters. The molecule has 1 aliphatic heterocycles. The van der Waals surface area contributed by atoms with E-state index in [1.54, 1.807) is 12.3 Å². The maximum atomic E-state index is 9.72. The summed E-state index contributed by atoms with van der Waals surface area (Å²) in [5.74, 6) is 4.35. The van der Waals surface area contributed by atoms with Crippen molar-refractivity contribution in [1.82, 2.24) is 9.38 Å². The highest BCUT2D eigenvalue weighted by Gasteiger charge is 2.20. The summed E-state index contributed by atoms with van der Waals surface area (Å²) >= 11 is 2.00. The van der Waals surface area contributed by atoms with Gasteiger partial charge in [0.05, 0.1) is 6.20 Å². The molecule has 3 nitrogen and oxygen atoms in total. The first-order valence-corrected chi connectivity index (χ1v) is 6.74. The molecule has 0 aromatic carbocycles. The summed E-state index contributed by atoms with van der Waals surface area (Å²) in [5, 5.41) is 9.72. The van der Waals surface area contributed by atoms with Crippen LogP contribution in [-0.2, 0) is 0 Å². The Balaban J connectivity index is 2.06. The summed E-state index contributed by atoms with van der Waals surface area (Å²) in [5.41, 5.74) is 0.813. The van der Waals surface area contributed by atoms with Crippen LogP contribution in [-0.4, -0.2) is 26.0 Å². The van der Waals surface area contributed by atoms with Crippen molar-refractivity contribution in [3.8, 4) is 5.75 Å². The van der Waals surface area contributed by atoms with Gasteiger partial charge in [-0.25, -0.2) is 4.98 Å². The van der Waals surface area contributed by atoms with E-state index in [1.165, 1.54) is 18.6 Å². The zero-order valence-electron chi connectivity index (χ0n) is 8.97. The number of hydrogen-bond donors (Lipinski definition) is 1. The van der Waals surface area contributed by atoms with Gasteiger partial charge < -0.3 is 9.51 Å². The van der Waals surface area contributed by atoms with Gasteiger partial charge in [-0.05, 0) is 30.7 Å². The van der Waals surface area contributed by atoms with Crippen molar-refractivity contribution in [2.24, 2.45) is 0 Å². The van der Waals surface area contributed by atoms with E-state index in [4.69, 9.17) is 0 Å². The monoisotopic (exact) mass is 234 g/mol. The van der Waals surface area contributed by atoms with Crippen LogP contribution in [0.5, 0.6) is 5.75 Å². The topological polar surface area (TPSA) is 37.5 Å². The first-order chi connectivity index (χ1) is 7.86. The van der Waals surface area contributed by atoms with E-state index in [-0.39, 0.29) is 0 Å². The summed E-state index contributed by atoms with van der Waals surface area (Å²) in [4.78, 5) is 4.47. The molecule has 3 rings (SSSR count). The smallest absolute Gasteiger partial charge is 0.141 e. The van der Waals surface area contributed by atoms with Crippen molar-refractivity contribution in [2.45, 2.75) is 18.8 Å². The number of fused-ring (bicyclic) bond motifs is 1. The van der Waals surface area contributed by atoms with Crippen molar-refractivity contribution in [3.05, 3.63) is 30.4 Å². The molecule has 1 aliphatic rings. The SMILES string of the molecule is Oc1cccn2c(C3CCCSC3)ncc12. The van der Waals surface area contributed by atoms with Crippen molar-refractivity contribution in [1.29, 1.82) is 0 Å². The van der Waals surface area contributed by atoms with Gasteiger partial charge in [-0.2, -0.15) is 11.8 Å². The lowest BCUT2D eigenvalue weighted by molar-refractivity contribution is 0.478. The molecule has 84 valence electrons. The molecule has 2 aromatic heterocycles. The van der Waals surface area contributed by atoms with Gasteiger partial charge in [0.2, 0.25) is 0 Å². The van der Waals surface area contributed by atoms with Crippen molar-refractivity contribution < 1.29 is 5.11 Å². The summed E-state index contributed by atoms with van der Waals surface area (Å²) in [6.45, 7) is 0. The van der Waals surface area contributed by atoms with Gasteiger partial charge in [0, 0.05) is 17.9 Å². The predicted molar refractivity (Wildman–Crippen MR) is 66.2 cm³/mol. The van der Waals surface area contributed by atoms with Gasteiger partial charge in [0.1, 0.15) is 17.1 Å². The minimum Gasteiger partial charge on any atom is -0.506 e. The fraction of sp³-hybridized carbons (Fsp3) is 0.417. The van der Waals surface area contributed by atoms with Gasteiger partial charge in [-0.15, -0.1) is 0 Å². The van der Waals surface area contributed by atoms with Crippen LogP contribution in [0.15, 0.2) is 24.5 Å². The summed E-state index contributed by atoms with van der Waals surface area (Å²) in [7, 11) is 0. The average Bonchev–Trinajstić information content (AvgIpc) is 2.75. The lowest BCUT2D eigenvalue weighted by Crippen LogP contribution is -2.11. The summed E-state index contributed by atoms with van der Waals surface area (Å²) in [6, 6.07) is 3.57. The standard InChI is InChI=1S/C12H14N2OS/c15-11-4-1-5-14-10(11)7-13-12(14)9-3-2-6-16-8-9/h1,4-5,7,9,15H,2-3,6,8H2. The molecule has 0 bridgehead atoms. The quantitative estimate of drug-likeness (QED) is 0.824. The largest absolute Gasteiger partial charge is 0.506 e. The molecule has 1 atom stereocenters. The van der Waals surface area contributed by atoms with E-state index < -0.39 is 0 Å². The molecule has 1 fully saturated rings. The molecule has 0 amide bonds. The Morgan fingerprint density at radius 2 is 2.44 bits per heavy atom. The van der Waals surface area contributed by atoms with E-state index in [1.807, 2.05) is 28.4 Å². The Bertz CT molecular complexity index is 503. The molecule has 2 aromatic rings. The maximum Gasteiger partial charge on any atom is 0.141 e. The number of hydrogen-bond acceptors (Lipinski definition) is 3. The minimum atomic E-state index is 0.310. The van der Waals surface area contributed by atoms with Gasteiger partial charge in [-0.1, -0.05) is 0 Å². The van der Waals surface area contributed by atoms with Crippen LogP contribution in [0.3, 0.4) is 0 Å². The Hall–Kier alpha value is -1.16. The first kappa shape index (κ1) is 10.0. The third kappa shape index (κ3) is 1.57. The summed E-state index contributed by atoms with van der Waals surface area (Å²) in [6.07, 6.45) is 6.23. The third-order valence-corrected chi connectivity index (χ3v) is 4.32. The Kier molecular flexibility index (Phi) is 2.52. The molecule has 0 radical (unpaired) electrons. The molecular formula is C12H14N2OS. The zero-order valence-corrected chi connectivity index (χ0v) is 9.78. The fourth-order valence-electron chi connectivity index (χ4n) is 2.27. The second-order valence-electron chi connectivity index (χ2n) is 4.18. The molecule has 1 saturated heterocycles. The van der Waals surface area contributed by atoms with E-state index in [9.17, 15) is 5.11 Å². The third-order valence-electron chi connectivity index (χ3n) is 3.10. The molecule has 1 N–H and O–H groups in total. The van der Waals surface area contributed by atoms with Crippen molar-refractivity contribution in [2.75, 3.05) is 11.5 Å². The second-order valence-corrected chi connectivity index (χ2v) is 5.33. The van der Waals surface area contributed by atoms with Crippen LogP contribution < -0.4 is 0 Å². The van der Waals surface area contributed by atoms with Gasteiger partial charge >= 0.3 is 0 Å². The van der Waals surface area contributed by atoms with Crippen LogP contribution in [0.4, 0.5) is 0 Å². The number of aromatic hydroxyl groups is 1. The molecule has 0 aliphatic carbocycles. The molecule has 4 heteroatoms. The van der Waals surface area contributed by atoms with Crippen LogP contribution >= 0.6 is 11.8 Å². The molecule has 16 heavy (non-hydrogen) atoms. The van der Waals surface area contributed by atoms with E-state index in [0.717, 1.165) is 17.1 Å². The molecular weight excluding hydrogens is 220 g/mol. The van der Waals surface area contributed by atoms with Crippen LogP contribution in [0.2, 0.25) is 0 Å². The van der Waals surface area contributed by atoms with Crippen LogP contribution in [0.1, 0.15) is 24.6 Å².